The van der Waals surface area contributed by atoms with E-state index in [0.717, 1.165) is 19.3 Å². The molecule has 5 heteroatoms. The Morgan fingerprint density at radius 3 is 2.71 bits per heavy atom. The molecule has 0 spiro atoms. The predicted molar refractivity (Wildman–Crippen MR) is 64.4 cm³/mol. The SMILES string of the molecule is O=C(CNCC1CCC(=O)N1)NC1CCCC1. The van der Waals surface area contributed by atoms with Gasteiger partial charge in [0.05, 0.1) is 6.54 Å². The molecule has 2 aliphatic rings. The van der Waals surface area contributed by atoms with Crippen LogP contribution in [0, 0.1) is 0 Å². The van der Waals surface area contributed by atoms with Gasteiger partial charge in [-0.2, -0.15) is 0 Å². The van der Waals surface area contributed by atoms with Crippen molar-refractivity contribution >= 4 is 11.8 Å². The van der Waals surface area contributed by atoms with Gasteiger partial charge in [-0.25, -0.2) is 0 Å². The number of carbonyl (C=O) groups is 2. The zero-order valence-corrected chi connectivity index (χ0v) is 10.1. The molecule has 17 heavy (non-hydrogen) atoms. The Kier molecular flexibility index (Phi) is 4.36. The molecule has 2 amide bonds. The maximum Gasteiger partial charge on any atom is 0.234 e. The summed E-state index contributed by atoms with van der Waals surface area (Å²) in [6.07, 6.45) is 6.17. The minimum Gasteiger partial charge on any atom is -0.352 e. The van der Waals surface area contributed by atoms with Crippen LogP contribution in [0.1, 0.15) is 38.5 Å². The van der Waals surface area contributed by atoms with Crippen molar-refractivity contribution in [3.8, 4) is 0 Å². The van der Waals surface area contributed by atoms with Crippen LogP contribution in [0.5, 0.6) is 0 Å². The van der Waals surface area contributed by atoms with Crippen LogP contribution in [0.3, 0.4) is 0 Å². The Morgan fingerprint density at radius 2 is 2.06 bits per heavy atom. The molecule has 1 atom stereocenters. The Bertz CT molecular complexity index is 287. The first kappa shape index (κ1) is 12.4. The van der Waals surface area contributed by atoms with Gasteiger partial charge in [0.2, 0.25) is 11.8 Å². The molecular weight excluding hydrogens is 218 g/mol. The van der Waals surface area contributed by atoms with Crippen molar-refractivity contribution < 1.29 is 9.59 Å². The molecular formula is C12H21N3O2. The van der Waals surface area contributed by atoms with E-state index in [2.05, 4.69) is 16.0 Å². The van der Waals surface area contributed by atoms with E-state index in [1.54, 1.807) is 0 Å². The first-order valence-electron chi connectivity index (χ1n) is 6.53. The van der Waals surface area contributed by atoms with E-state index < -0.39 is 0 Å². The van der Waals surface area contributed by atoms with Gasteiger partial charge in [-0.1, -0.05) is 12.8 Å². The van der Waals surface area contributed by atoms with E-state index in [1.807, 2.05) is 0 Å². The summed E-state index contributed by atoms with van der Waals surface area (Å²) in [5.41, 5.74) is 0. The van der Waals surface area contributed by atoms with Gasteiger partial charge < -0.3 is 16.0 Å². The molecule has 0 aromatic heterocycles. The predicted octanol–water partition coefficient (Wildman–Crippen LogP) is -0.0866. The summed E-state index contributed by atoms with van der Waals surface area (Å²) in [7, 11) is 0. The van der Waals surface area contributed by atoms with Gasteiger partial charge in [0.25, 0.3) is 0 Å². The first-order chi connectivity index (χ1) is 8.24. The lowest BCUT2D eigenvalue weighted by molar-refractivity contribution is -0.121. The van der Waals surface area contributed by atoms with Gasteiger partial charge in [-0.05, 0) is 19.3 Å². The fourth-order valence-electron chi connectivity index (χ4n) is 2.54. The third kappa shape index (κ3) is 4.00. The lowest BCUT2D eigenvalue weighted by Crippen LogP contribution is -2.43. The lowest BCUT2D eigenvalue weighted by atomic mass is 10.2. The highest BCUT2D eigenvalue weighted by Gasteiger charge is 2.21. The molecule has 1 saturated heterocycles. The topological polar surface area (TPSA) is 70.2 Å². The second-order valence-corrected chi connectivity index (χ2v) is 4.98. The Balaban J connectivity index is 1.55. The Hall–Kier alpha value is -1.10. The minimum absolute atomic E-state index is 0.0706. The molecule has 1 heterocycles. The highest BCUT2D eigenvalue weighted by molar-refractivity contribution is 5.79. The molecule has 1 unspecified atom stereocenters. The number of nitrogens with one attached hydrogen (secondary N) is 3. The van der Waals surface area contributed by atoms with E-state index >= 15 is 0 Å². The smallest absolute Gasteiger partial charge is 0.234 e. The van der Waals surface area contributed by atoms with Crippen LogP contribution in [0.25, 0.3) is 0 Å². The third-order valence-electron chi connectivity index (χ3n) is 3.48. The standard InChI is InChI=1S/C12H21N3O2/c16-11-6-5-10(15-11)7-13-8-12(17)14-9-3-1-2-4-9/h9-10,13H,1-8H2,(H,14,17)(H,15,16). The second kappa shape index (κ2) is 6.00. The molecule has 2 fully saturated rings. The summed E-state index contributed by atoms with van der Waals surface area (Å²) in [6.45, 7) is 1.03. The summed E-state index contributed by atoms with van der Waals surface area (Å²) < 4.78 is 0. The number of rotatable bonds is 5. The van der Waals surface area contributed by atoms with Crippen molar-refractivity contribution in [3.63, 3.8) is 0 Å². The van der Waals surface area contributed by atoms with Crippen LogP contribution in [0.4, 0.5) is 0 Å². The van der Waals surface area contributed by atoms with Crippen molar-refractivity contribution in [1.82, 2.24) is 16.0 Å². The molecule has 0 radical (unpaired) electrons. The van der Waals surface area contributed by atoms with Gasteiger partial charge >= 0.3 is 0 Å². The first-order valence-corrected chi connectivity index (χ1v) is 6.53. The summed E-state index contributed by atoms with van der Waals surface area (Å²) in [4.78, 5) is 22.5. The van der Waals surface area contributed by atoms with Crippen molar-refractivity contribution in [2.75, 3.05) is 13.1 Å². The fraction of sp³-hybridized carbons (Fsp3) is 0.833. The molecule has 0 aromatic carbocycles. The van der Waals surface area contributed by atoms with E-state index in [1.165, 1.54) is 12.8 Å². The molecule has 2 rings (SSSR count). The third-order valence-corrected chi connectivity index (χ3v) is 3.48. The summed E-state index contributed by atoms with van der Waals surface area (Å²) >= 11 is 0. The maximum absolute atomic E-state index is 11.6. The van der Waals surface area contributed by atoms with Gasteiger partial charge in [-0.15, -0.1) is 0 Å². The van der Waals surface area contributed by atoms with Gasteiger partial charge in [0.15, 0.2) is 0 Å². The van der Waals surface area contributed by atoms with Crippen molar-refractivity contribution in [3.05, 3.63) is 0 Å². The fourth-order valence-corrected chi connectivity index (χ4v) is 2.54. The molecule has 96 valence electrons. The van der Waals surface area contributed by atoms with Crippen LogP contribution >= 0.6 is 0 Å². The van der Waals surface area contributed by atoms with Gasteiger partial charge in [0, 0.05) is 25.0 Å². The average Bonchev–Trinajstić information content (AvgIpc) is 2.90. The molecule has 1 saturated carbocycles. The lowest BCUT2D eigenvalue weighted by Gasteiger charge is -2.14. The van der Waals surface area contributed by atoms with E-state index in [9.17, 15) is 9.59 Å². The molecule has 0 aromatic rings. The largest absolute Gasteiger partial charge is 0.352 e. The van der Waals surface area contributed by atoms with Crippen LogP contribution < -0.4 is 16.0 Å². The van der Waals surface area contributed by atoms with Gasteiger partial charge in [0.1, 0.15) is 0 Å². The highest BCUT2D eigenvalue weighted by atomic mass is 16.2. The quantitative estimate of drug-likeness (QED) is 0.628. The zero-order valence-electron chi connectivity index (χ0n) is 10.1. The summed E-state index contributed by atoms with van der Waals surface area (Å²) in [6, 6.07) is 0.581. The minimum atomic E-state index is 0.0706. The van der Waals surface area contributed by atoms with Gasteiger partial charge in [-0.3, -0.25) is 9.59 Å². The number of hydrogen-bond acceptors (Lipinski definition) is 3. The second-order valence-electron chi connectivity index (χ2n) is 4.98. The summed E-state index contributed by atoms with van der Waals surface area (Å²) in [5.74, 6) is 0.188. The number of hydrogen-bond donors (Lipinski definition) is 3. The molecule has 5 nitrogen and oxygen atoms in total. The van der Waals surface area contributed by atoms with Crippen molar-refractivity contribution in [2.45, 2.75) is 50.6 Å². The van der Waals surface area contributed by atoms with Crippen LogP contribution in [0.15, 0.2) is 0 Å². The summed E-state index contributed by atoms with van der Waals surface area (Å²) in [5, 5.41) is 8.99. The number of amides is 2. The highest BCUT2D eigenvalue weighted by Crippen LogP contribution is 2.17. The normalized spacial score (nSPS) is 24.9. The molecule has 1 aliphatic carbocycles. The van der Waals surface area contributed by atoms with E-state index in [-0.39, 0.29) is 17.9 Å². The average molecular weight is 239 g/mol. The van der Waals surface area contributed by atoms with E-state index in [4.69, 9.17) is 0 Å². The Labute approximate surface area is 102 Å². The van der Waals surface area contributed by atoms with Crippen molar-refractivity contribution in [1.29, 1.82) is 0 Å². The Morgan fingerprint density at radius 1 is 1.29 bits per heavy atom. The van der Waals surface area contributed by atoms with Crippen molar-refractivity contribution in [2.24, 2.45) is 0 Å². The zero-order chi connectivity index (χ0) is 12.1. The molecule has 1 aliphatic heterocycles. The monoisotopic (exact) mass is 239 g/mol. The van der Waals surface area contributed by atoms with E-state index in [0.29, 0.717) is 25.6 Å². The van der Waals surface area contributed by atoms with Crippen LogP contribution in [-0.2, 0) is 9.59 Å². The molecule has 0 bridgehead atoms. The maximum atomic E-state index is 11.6. The molecule has 3 N–H and O–H groups in total. The van der Waals surface area contributed by atoms with Crippen LogP contribution in [-0.4, -0.2) is 37.0 Å². The number of carbonyl (C=O) groups excluding carboxylic acids is 2. The van der Waals surface area contributed by atoms with Crippen LogP contribution in [0.2, 0.25) is 0 Å².